The number of fused-ring (bicyclic) bond motifs is 3. The SMILES string of the molecule is O=C(Nc1cccc(Oc2nc3ccccc3n3cnnc23)c1)c1ccccc1. The van der Waals surface area contributed by atoms with Crippen molar-refractivity contribution in [3.63, 3.8) is 0 Å². The summed E-state index contributed by atoms with van der Waals surface area (Å²) in [5, 5.41) is 11.0. The van der Waals surface area contributed by atoms with Gasteiger partial charge in [0.1, 0.15) is 12.1 Å². The Labute approximate surface area is 165 Å². The van der Waals surface area contributed by atoms with Gasteiger partial charge in [-0.25, -0.2) is 4.98 Å². The monoisotopic (exact) mass is 381 g/mol. The van der Waals surface area contributed by atoms with Crippen molar-refractivity contribution in [2.45, 2.75) is 0 Å². The first-order valence-corrected chi connectivity index (χ1v) is 9.01. The summed E-state index contributed by atoms with van der Waals surface area (Å²) in [4.78, 5) is 17.0. The molecule has 0 atom stereocenters. The molecule has 0 bridgehead atoms. The zero-order valence-electron chi connectivity index (χ0n) is 15.2. The van der Waals surface area contributed by atoms with Crippen molar-refractivity contribution in [2.24, 2.45) is 0 Å². The lowest BCUT2D eigenvalue weighted by molar-refractivity contribution is 0.102. The molecule has 0 aliphatic carbocycles. The lowest BCUT2D eigenvalue weighted by Crippen LogP contribution is -2.11. The molecule has 0 radical (unpaired) electrons. The smallest absolute Gasteiger partial charge is 0.266 e. The minimum absolute atomic E-state index is 0.188. The minimum atomic E-state index is -0.188. The van der Waals surface area contributed by atoms with Gasteiger partial charge >= 0.3 is 0 Å². The first kappa shape index (κ1) is 16.9. The van der Waals surface area contributed by atoms with Crippen molar-refractivity contribution < 1.29 is 9.53 Å². The van der Waals surface area contributed by atoms with Gasteiger partial charge in [0.2, 0.25) is 5.65 Å². The number of ether oxygens (including phenoxy) is 1. The summed E-state index contributed by atoms with van der Waals surface area (Å²) in [6.45, 7) is 0. The Morgan fingerprint density at radius 1 is 0.931 bits per heavy atom. The van der Waals surface area contributed by atoms with Crippen molar-refractivity contribution in [3.05, 3.63) is 90.8 Å². The number of amides is 1. The largest absolute Gasteiger partial charge is 0.436 e. The molecule has 2 aromatic heterocycles. The Bertz CT molecular complexity index is 1330. The fourth-order valence-corrected chi connectivity index (χ4v) is 3.09. The molecule has 1 N–H and O–H groups in total. The van der Waals surface area contributed by atoms with Gasteiger partial charge in [0, 0.05) is 17.3 Å². The Kier molecular flexibility index (Phi) is 4.10. The molecule has 7 heteroatoms. The van der Waals surface area contributed by atoms with Crippen molar-refractivity contribution in [1.29, 1.82) is 0 Å². The highest BCUT2D eigenvalue weighted by Gasteiger charge is 2.13. The van der Waals surface area contributed by atoms with Gasteiger partial charge in [-0.05, 0) is 36.4 Å². The third-order valence-electron chi connectivity index (χ3n) is 4.44. The normalized spacial score (nSPS) is 10.9. The van der Waals surface area contributed by atoms with Gasteiger partial charge in [0.05, 0.1) is 11.0 Å². The maximum Gasteiger partial charge on any atom is 0.266 e. The lowest BCUT2D eigenvalue weighted by Gasteiger charge is -2.10. The number of rotatable bonds is 4. The zero-order valence-corrected chi connectivity index (χ0v) is 15.2. The third kappa shape index (κ3) is 3.25. The maximum absolute atomic E-state index is 12.4. The Morgan fingerprint density at radius 2 is 1.76 bits per heavy atom. The van der Waals surface area contributed by atoms with Crippen LogP contribution in [0.5, 0.6) is 11.6 Å². The predicted octanol–water partition coefficient (Wildman–Crippen LogP) is 4.32. The van der Waals surface area contributed by atoms with E-state index in [4.69, 9.17) is 4.74 Å². The number of carbonyl (C=O) groups excluding carboxylic acids is 1. The van der Waals surface area contributed by atoms with Crippen LogP contribution >= 0.6 is 0 Å². The summed E-state index contributed by atoms with van der Waals surface area (Å²) in [5.74, 6) is 0.683. The molecule has 3 aromatic carbocycles. The Hall–Kier alpha value is -4.26. The number of aromatic nitrogens is 4. The van der Waals surface area contributed by atoms with Crippen LogP contribution in [0, 0.1) is 0 Å². The van der Waals surface area contributed by atoms with E-state index in [0.717, 1.165) is 11.0 Å². The van der Waals surface area contributed by atoms with Gasteiger partial charge in [0.15, 0.2) is 0 Å². The molecule has 0 unspecified atom stereocenters. The fourth-order valence-electron chi connectivity index (χ4n) is 3.09. The lowest BCUT2D eigenvalue weighted by atomic mass is 10.2. The van der Waals surface area contributed by atoms with E-state index in [-0.39, 0.29) is 5.91 Å². The van der Waals surface area contributed by atoms with E-state index >= 15 is 0 Å². The van der Waals surface area contributed by atoms with Gasteiger partial charge in [0.25, 0.3) is 11.8 Å². The molecule has 0 saturated carbocycles. The molecule has 2 heterocycles. The molecular formula is C22H15N5O2. The van der Waals surface area contributed by atoms with E-state index in [1.54, 1.807) is 42.7 Å². The fraction of sp³-hybridized carbons (Fsp3) is 0. The van der Waals surface area contributed by atoms with Crippen molar-refractivity contribution >= 4 is 28.3 Å². The minimum Gasteiger partial charge on any atom is -0.436 e. The van der Waals surface area contributed by atoms with E-state index in [1.165, 1.54) is 0 Å². The van der Waals surface area contributed by atoms with E-state index in [2.05, 4.69) is 20.5 Å². The summed E-state index contributed by atoms with van der Waals surface area (Å²) in [6, 6.07) is 23.9. The van der Waals surface area contributed by atoms with Crippen molar-refractivity contribution in [2.75, 3.05) is 5.32 Å². The summed E-state index contributed by atoms with van der Waals surface area (Å²) < 4.78 is 7.83. The van der Waals surface area contributed by atoms with Crippen LogP contribution in [0.3, 0.4) is 0 Å². The van der Waals surface area contributed by atoms with Crippen LogP contribution in [-0.2, 0) is 0 Å². The molecule has 5 aromatic rings. The molecule has 5 rings (SSSR count). The van der Waals surface area contributed by atoms with Crippen LogP contribution in [0.1, 0.15) is 10.4 Å². The third-order valence-corrected chi connectivity index (χ3v) is 4.44. The van der Waals surface area contributed by atoms with Crippen LogP contribution < -0.4 is 10.1 Å². The van der Waals surface area contributed by atoms with Crippen LogP contribution in [0.15, 0.2) is 85.2 Å². The Morgan fingerprint density at radius 3 is 2.66 bits per heavy atom. The molecule has 0 spiro atoms. The summed E-state index contributed by atoms with van der Waals surface area (Å²) in [7, 11) is 0. The van der Waals surface area contributed by atoms with Crippen LogP contribution in [-0.4, -0.2) is 25.5 Å². The average Bonchev–Trinajstić information content (AvgIpc) is 3.25. The van der Waals surface area contributed by atoms with Crippen molar-refractivity contribution in [3.8, 4) is 11.6 Å². The van der Waals surface area contributed by atoms with E-state index in [1.807, 2.05) is 46.9 Å². The summed E-state index contributed by atoms with van der Waals surface area (Å²) in [5.41, 5.74) is 3.38. The van der Waals surface area contributed by atoms with Gasteiger partial charge in [-0.1, -0.05) is 36.4 Å². The van der Waals surface area contributed by atoms with E-state index < -0.39 is 0 Å². The maximum atomic E-state index is 12.4. The highest BCUT2D eigenvalue weighted by Crippen LogP contribution is 2.28. The van der Waals surface area contributed by atoms with Gasteiger partial charge in [-0.3, -0.25) is 9.20 Å². The number of anilines is 1. The van der Waals surface area contributed by atoms with Gasteiger partial charge < -0.3 is 10.1 Å². The zero-order chi connectivity index (χ0) is 19.6. The van der Waals surface area contributed by atoms with E-state index in [9.17, 15) is 4.79 Å². The second-order valence-electron chi connectivity index (χ2n) is 6.38. The standard InChI is InChI=1S/C22H15N5O2/c28-21(15-7-2-1-3-8-15)24-16-9-6-10-17(13-16)29-22-20-26-23-14-27(20)19-12-5-4-11-18(19)25-22/h1-14H,(H,24,28). The van der Waals surface area contributed by atoms with Gasteiger partial charge in [-0.2, -0.15) is 0 Å². The molecule has 1 amide bonds. The number of nitrogens with zero attached hydrogens (tertiary/aromatic N) is 4. The number of nitrogens with one attached hydrogen (secondary N) is 1. The topological polar surface area (TPSA) is 81.4 Å². The Balaban J connectivity index is 1.46. The second kappa shape index (κ2) is 7.05. The number of carbonyl (C=O) groups is 1. The van der Waals surface area contributed by atoms with Crippen LogP contribution in [0.25, 0.3) is 16.7 Å². The van der Waals surface area contributed by atoms with Gasteiger partial charge in [-0.15, -0.1) is 10.2 Å². The van der Waals surface area contributed by atoms with Crippen LogP contribution in [0.4, 0.5) is 5.69 Å². The highest BCUT2D eigenvalue weighted by atomic mass is 16.5. The molecule has 0 saturated heterocycles. The average molecular weight is 381 g/mol. The van der Waals surface area contributed by atoms with E-state index in [0.29, 0.717) is 28.5 Å². The molecule has 7 nitrogen and oxygen atoms in total. The molecule has 0 aliphatic rings. The first-order chi connectivity index (χ1) is 14.3. The predicted molar refractivity (Wildman–Crippen MR) is 109 cm³/mol. The quantitative estimate of drug-likeness (QED) is 0.501. The summed E-state index contributed by atoms with van der Waals surface area (Å²) in [6.07, 6.45) is 1.63. The number of hydrogen-bond donors (Lipinski definition) is 1. The molecule has 0 fully saturated rings. The molecule has 29 heavy (non-hydrogen) atoms. The number of hydrogen-bond acceptors (Lipinski definition) is 5. The number of benzene rings is 3. The molecular weight excluding hydrogens is 366 g/mol. The second-order valence-corrected chi connectivity index (χ2v) is 6.38. The summed E-state index contributed by atoms with van der Waals surface area (Å²) >= 11 is 0. The number of para-hydroxylation sites is 2. The van der Waals surface area contributed by atoms with Crippen molar-refractivity contribution in [1.82, 2.24) is 19.6 Å². The van der Waals surface area contributed by atoms with Crippen LogP contribution in [0.2, 0.25) is 0 Å². The molecule has 0 aliphatic heterocycles. The molecule has 140 valence electrons. The highest BCUT2D eigenvalue weighted by molar-refractivity contribution is 6.04. The first-order valence-electron chi connectivity index (χ1n) is 9.01.